The number of aryl methyl sites for hydroxylation is 1. The topological polar surface area (TPSA) is 12.9 Å². The maximum Gasteiger partial charge on any atom is 0.251 e. The second-order valence-corrected chi connectivity index (χ2v) is 7.03. The molecule has 3 rings (SSSR count). The van der Waals surface area contributed by atoms with Crippen molar-refractivity contribution in [1.29, 1.82) is 0 Å². The van der Waals surface area contributed by atoms with Crippen LogP contribution in [0.25, 0.3) is 0 Å². The van der Waals surface area contributed by atoms with Gasteiger partial charge in [0.15, 0.2) is 5.82 Å². The fourth-order valence-corrected chi connectivity index (χ4v) is 3.82. The molecule has 25 heavy (non-hydrogen) atoms. The first-order chi connectivity index (χ1) is 12.1. The summed E-state index contributed by atoms with van der Waals surface area (Å²) in [6.45, 7) is 2.19. The molecule has 1 saturated carbocycles. The van der Waals surface area contributed by atoms with Gasteiger partial charge in [-0.2, -0.15) is 13.8 Å². The van der Waals surface area contributed by atoms with Gasteiger partial charge in [-0.25, -0.2) is 4.39 Å². The molecule has 0 bridgehead atoms. The van der Waals surface area contributed by atoms with Crippen LogP contribution in [-0.4, -0.2) is 4.98 Å². The van der Waals surface area contributed by atoms with Crippen molar-refractivity contribution in [3.63, 3.8) is 0 Å². The zero-order chi connectivity index (χ0) is 17.8. The zero-order valence-electron chi connectivity index (χ0n) is 14.6. The minimum Gasteiger partial charge on any atom is -0.202 e. The summed E-state index contributed by atoms with van der Waals surface area (Å²) >= 11 is 0. The summed E-state index contributed by atoms with van der Waals surface area (Å²) in [6.07, 6.45) is 6.91. The summed E-state index contributed by atoms with van der Waals surface area (Å²) < 4.78 is 40.2. The molecule has 0 atom stereocenters. The average molecular weight is 347 g/mol. The highest BCUT2D eigenvalue weighted by Crippen LogP contribution is 2.41. The van der Waals surface area contributed by atoms with Crippen LogP contribution < -0.4 is 0 Å². The van der Waals surface area contributed by atoms with Crippen LogP contribution in [-0.2, 0) is 6.42 Å². The van der Waals surface area contributed by atoms with Gasteiger partial charge in [0.05, 0.1) is 0 Å². The first kappa shape index (κ1) is 18.0. The Balaban J connectivity index is 1.63. The van der Waals surface area contributed by atoms with Crippen molar-refractivity contribution in [2.45, 2.75) is 63.7 Å². The van der Waals surface area contributed by atoms with E-state index in [0.29, 0.717) is 5.92 Å². The number of benzene rings is 1. The SMILES string of the molecule is CCCCc1ccc([C@H]2CC[C@H](c3cc(F)c(F)nc3F)CC2)cc1. The van der Waals surface area contributed by atoms with Gasteiger partial charge >= 0.3 is 0 Å². The second kappa shape index (κ2) is 8.03. The van der Waals surface area contributed by atoms with E-state index in [2.05, 4.69) is 36.2 Å². The van der Waals surface area contributed by atoms with E-state index in [0.717, 1.165) is 38.2 Å². The van der Waals surface area contributed by atoms with Gasteiger partial charge in [-0.3, -0.25) is 0 Å². The number of aromatic nitrogens is 1. The molecule has 1 aliphatic carbocycles. The van der Waals surface area contributed by atoms with Crippen LogP contribution in [0.5, 0.6) is 0 Å². The maximum absolute atomic E-state index is 13.9. The predicted molar refractivity (Wildman–Crippen MR) is 93.1 cm³/mol. The van der Waals surface area contributed by atoms with E-state index in [1.807, 2.05) is 0 Å². The molecule has 1 aromatic heterocycles. The Kier molecular flexibility index (Phi) is 5.77. The maximum atomic E-state index is 13.9. The van der Waals surface area contributed by atoms with Crippen LogP contribution in [0, 0.1) is 17.7 Å². The Labute approximate surface area is 147 Å². The van der Waals surface area contributed by atoms with E-state index in [-0.39, 0.29) is 11.5 Å². The number of hydrogen-bond donors (Lipinski definition) is 0. The molecule has 0 amide bonds. The lowest BCUT2D eigenvalue weighted by Crippen LogP contribution is -2.14. The van der Waals surface area contributed by atoms with E-state index < -0.39 is 17.7 Å². The molecule has 0 unspecified atom stereocenters. The quantitative estimate of drug-likeness (QED) is 0.580. The van der Waals surface area contributed by atoms with E-state index in [1.165, 1.54) is 24.0 Å². The van der Waals surface area contributed by atoms with Gasteiger partial charge in [-0.15, -0.1) is 0 Å². The summed E-state index contributed by atoms with van der Waals surface area (Å²) in [5.41, 5.74) is 2.91. The predicted octanol–water partition coefficient (Wildman–Crippen LogP) is 6.28. The monoisotopic (exact) mass is 347 g/mol. The number of pyridine rings is 1. The van der Waals surface area contributed by atoms with Gasteiger partial charge < -0.3 is 0 Å². The number of halogens is 3. The number of rotatable bonds is 5. The Hall–Kier alpha value is -1.84. The molecule has 1 aromatic carbocycles. The van der Waals surface area contributed by atoms with Crippen molar-refractivity contribution in [2.75, 3.05) is 0 Å². The summed E-state index contributed by atoms with van der Waals surface area (Å²) in [4.78, 5) is 3.05. The van der Waals surface area contributed by atoms with Gasteiger partial charge in [0.2, 0.25) is 5.95 Å². The van der Waals surface area contributed by atoms with Crippen LogP contribution in [0.4, 0.5) is 13.2 Å². The third kappa shape index (κ3) is 4.23. The Bertz CT molecular complexity index is 704. The highest BCUT2D eigenvalue weighted by molar-refractivity contribution is 5.27. The summed E-state index contributed by atoms with van der Waals surface area (Å²) in [5, 5.41) is 0. The molecule has 1 fully saturated rings. The molecule has 1 heterocycles. The molecular weight excluding hydrogens is 323 g/mol. The molecular formula is C21H24F3N. The summed E-state index contributed by atoms with van der Waals surface area (Å²) in [5.74, 6) is -2.93. The summed E-state index contributed by atoms with van der Waals surface area (Å²) in [6, 6.07) is 9.79. The number of nitrogens with zero attached hydrogens (tertiary/aromatic N) is 1. The largest absolute Gasteiger partial charge is 0.251 e. The van der Waals surface area contributed by atoms with Gasteiger partial charge in [0.1, 0.15) is 0 Å². The van der Waals surface area contributed by atoms with Crippen molar-refractivity contribution < 1.29 is 13.2 Å². The Morgan fingerprint density at radius 2 is 1.56 bits per heavy atom. The minimum absolute atomic E-state index is 0.0809. The van der Waals surface area contributed by atoms with E-state index in [4.69, 9.17) is 0 Å². The standard InChI is InChI=1S/C21H24F3N/c1-2-3-4-14-5-7-15(8-6-14)16-9-11-17(12-10-16)18-13-19(22)21(24)25-20(18)23/h5-8,13,16-17H,2-4,9-12H2,1H3/t16-,17-. The van der Waals surface area contributed by atoms with Gasteiger partial charge in [0, 0.05) is 5.56 Å². The first-order valence-electron chi connectivity index (χ1n) is 9.18. The van der Waals surface area contributed by atoms with Gasteiger partial charge in [-0.1, -0.05) is 37.6 Å². The molecule has 0 spiro atoms. The van der Waals surface area contributed by atoms with Crippen molar-refractivity contribution in [3.8, 4) is 0 Å². The Morgan fingerprint density at radius 1 is 0.920 bits per heavy atom. The van der Waals surface area contributed by atoms with Gasteiger partial charge in [0.25, 0.3) is 5.95 Å². The molecule has 1 nitrogen and oxygen atoms in total. The van der Waals surface area contributed by atoms with Crippen LogP contribution in [0.15, 0.2) is 30.3 Å². The average Bonchev–Trinajstić information content (AvgIpc) is 2.64. The van der Waals surface area contributed by atoms with E-state index >= 15 is 0 Å². The lowest BCUT2D eigenvalue weighted by atomic mass is 9.76. The normalized spacial score (nSPS) is 20.6. The fraction of sp³-hybridized carbons (Fsp3) is 0.476. The van der Waals surface area contributed by atoms with Crippen molar-refractivity contribution in [1.82, 2.24) is 4.98 Å². The molecule has 2 aromatic rings. The molecule has 0 N–H and O–H groups in total. The number of unbranched alkanes of at least 4 members (excludes halogenated alkanes) is 1. The van der Waals surface area contributed by atoms with E-state index in [1.54, 1.807) is 0 Å². The summed E-state index contributed by atoms with van der Waals surface area (Å²) in [7, 11) is 0. The molecule has 0 radical (unpaired) electrons. The highest BCUT2D eigenvalue weighted by Gasteiger charge is 2.27. The molecule has 134 valence electrons. The lowest BCUT2D eigenvalue weighted by molar-refractivity contribution is 0.373. The van der Waals surface area contributed by atoms with Crippen LogP contribution in [0.2, 0.25) is 0 Å². The van der Waals surface area contributed by atoms with Crippen LogP contribution in [0.1, 0.15) is 74.0 Å². The zero-order valence-corrected chi connectivity index (χ0v) is 14.6. The third-order valence-electron chi connectivity index (χ3n) is 5.35. The third-order valence-corrected chi connectivity index (χ3v) is 5.35. The fourth-order valence-electron chi connectivity index (χ4n) is 3.82. The Morgan fingerprint density at radius 3 is 2.20 bits per heavy atom. The second-order valence-electron chi connectivity index (χ2n) is 7.03. The van der Waals surface area contributed by atoms with Gasteiger partial charge in [-0.05, 0) is 67.6 Å². The van der Waals surface area contributed by atoms with E-state index in [9.17, 15) is 13.2 Å². The van der Waals surface area contributed by atoms with Crippen molar-refractivity contribution in [2.24, 2.45) is 0 Å². The highest BCUT2D eigenvalue weighted by atomic mass is 19.2. The van der Waals surface area contributed by atoms with Crippen molar-refractivity contribution >= 4 is 0 Å². The number of hydrogen-bond acceptors (Lipinski definition) is 1. The smallest absolute Gasteiger partial charge is 0.202 e. The molecule has 0 saturated heterocycles. The molecule has 0 aliphatic heterocycles. The molecule has 1 aliphatic rings. The van der Waals surface area contributed by atoms with Crippen molar-refractivity contribution in [3.05, 3.63) is 64.7 Å². The van der Waals surface area contributed by atoms with Crippen LogP contribution in [0.3, 0.4) is 0 Å². The van der Waals surface area contributed by atoms with Crippen LogP contribution >= 0.6 is 0 Å². The minimum atomic E-state index is -1.36. The molecule has 4 heteroatoms. The lowest BCUT2D eigenvalue weighted by Gasteiger charge is -2.29. The first-order valence-corrected chi connectivity index (χ1v) is 9.18.